The van der Waals surface area contributed by atoms with Crippen LogP contribution in [0.4, 0.5) is 18.0 Å². The molecule has 2 amide bonds. The normalized spacial score (nSPS) is 22.0. The van der Waals surface area contributed by atoms with Crippen molar-refractivity contribution in [1.29, 1.82) is 5.26 Å². The molecular weight excluding hydrogens is 544 g/mol. The molecule has 14 heteroatoms. The summed E-state index contributed by atoms with van der Waals surface area (Å²) in [6.07, 6.45) is -0.150. The molecule has 0 bridgehead atoms. The Bertz CT molecular complexity index is 1340. The van der Waals surface area contributed by atoms with Crippen LogP contribution in [-0.4, -0.2) is 94.8 Å². The maximum Gasteiger partial charge on any atom is 0.475 e. The number of rotatable bonds is 9. The summed E-state index contributed by atoms with van der Waals surface area (Å²) >= 11 is 0. The lowest BCUT2D eigenvalue weighted by molar-refractivity contribution is -0.128. The Morgan fingerprint density at radius 1 is 1.37 bits per heavy atom. The van der Waals surface area contributed by atoms with Crippen molar-refractivity contribution < 1.29 is 42.0 Å². The van der Waals surface area contributed by atoms with Gasteiger partial charge in [0.25, 0.3) is 11.8 Å². The lowest BCUT2D eigenvalue weighted by atomic mass is 9.76. The fourth-order valence-electron chi connectivity index (χ4n) is 5.26. The Morgan fingerprint density at radius 3 is 2.76 bits per heavy atom. The molecule has 0 radical (unpaired) electrons. The van der Waals surface area contributed by atoms with Gasteiger partial charge >= 0.3 is 13.2 Å². The number of para-hydroxylation sites is 1. The predicted molar refractivity (Wildman–Crippen MR) is 142 cm³/mol. The molecule has 1 aromatic heterocycles. The van der Waals surface area contributed by atoms with Gasteiger partial charge in [0.05, 0.1) is 31.3 Å². The Morgan fingerprint density at radius 2 is 2.10 bits per heavy atom. The number of hydrogen-bond acceptors (Lipinski definition) is 8. The summed E-state index contributed by atoms with van der Waals surface area (Å²) in [6, 6.07) is 8.02. The second-order valence-corrected chi connectivity index (χ2v) is 11.0. The third-order valence-corrected chi connectivity index (χ3v) is 7.53. The number of carbonyl (C=O) groups is 2. The molecule has 4 rings (SSSR count). The molecule has 3 N–H and O–H groups in total. The number of fused-ring (bicyclic) bond motifs is 1. The van der Waals surface area contributed by atoms with Gasteiger partial charge in [-0.25, -0.2) is 18.0 Å². The van der Waals surface area contributed by atoms with Gasteiger partial charge in [-0.15, -0.1) is 0 Å². The van der Waals surface area contributed by atoms with Crippen molar-refractivity contribution in [1.82, 2.24) is 15.1 Å². The third-order valence-electron chi connectivity index (χ3n) is 7.53. The molecule has 0 spiro atoms. The maximum atomic E-state index is 14.4. The highest BCUT2D eigenvalue weighted by Crippen LogP contribution is 2.33. The minimum absolute atomic E-state index is 0.0133. The molecule has 10 nitrogen and oxygen atoms in total. The molecule has 3 atom stereocenters. The molecule has 3 heterocycles. The van der Waals surface area contributed by atoms with E-state index in [4.69, 9.17) is 9.15 Å². The van der Waals surface area contributed by atoms with Crippen LogP contribution in [0.1, 0.15) is 32.3 Å². The van der Waals surface area contributed by atoms with Crippen molar-refractivity contribution in [3.8, 4) is 6.07 Å². The number of hydrogen-bond donors (Lipinski definition) is 3. The minimum atomic E-state index is -2.86. The monoisotopic (exact) mass is 576 g/mol. The number of ether oxygens (including phenoxy) is 1. The first kappa shape index (κ1) is 30.4. The summed E-state index contributed by atoms with van der Waals surface area (Å²) in [5.41, 5.74) is -0.148. The molecule has 0 saturated carbocycles. The van der Waals surface area contributed by atoms with E-state index < -0.39 is 61.9 Å². The number of carbonyl (C=O) groups excluding carboxylic acids is 2. The number of halogens is 3. The van der Waals surface area contributed by atoms with E-state index in [0.29, 0.717) is 11.1 Å². The molecule has 2 fully saturated rings. The molecule has 1 aromatic carbocycles. The molecule has 2 aliphatic rings. The van der Waals surface area contributed by atoms with E-state index in [9.17, 15) is 38.1 Å². The zero-order chi connectivity index (χ0) is 29.9. The van der Waals surface area contributed by atoms with Crippen molar-refractivity contribution in [2.24, 2.45) is 0 Å². The van der Waals surface area contributed by atoms with Gasteiger partial charge in [0.1, 0.15) is 30.0 Å². The number of alkyl halides is 3. The van der Waals surface area contributed by atoms with E-state index in [0.717, 1.165) is 10.3 Å². The lowest BCUT2D eigenvalue weighted by Crippen LogP contribution is -2.49. The van der Waals surface area contributed by atoms with Crippen molar-refractivity contribution in [2.45, 2.75) is 62.7 Å². The average molecular weight is 576 g/mol. The Kier molecular flexibility index (Phi) is 9.01. The maximum absolute atomic E-state index is 14.4. The smallest absolute Gasteiger partial charge is 0.464 e. The van der Waals surface area contributed by atoms with Crippen molar-refractivity contribution in [3.63, 3.8) is 0 Å². The number of nitrogens with one attached hydrogen (secondary N) is 1. The second-order valence-electron chi connectivity index (χ2n) is 11.0. The van der Waals surface area contributed by atoms with Crippen molar-refractivity contribution >= 4 is 30.1 Å². The van der Waals surface area contributed by atoms with Gasteiger partial charge in [0.15, 0.2) is 0 Å². The number of alkyl carbamates (subject to hydrolysis) is 1. The van der Waals surface area contributed by atoms with Gasteiger partial charge in [-0.3, -0.25) is 9.69 Å². The first-order valence-electron chi connectivity index (χ1n) is 13.2. The average Bonchev–Trinajstić information content (AvgIpc) is 3.61. The van der Waals surface area contributed by atoms with Crippen LogP contribution in [0.3, 0.4) is 0 Å². The van der Waals surface area contributed by atoms with Gasteiger partial charge in [-0.1, -0.05) is 18.2 Å². The highest BCUT2D eigenvalue weighted by Gasteiger charge is 2.44. The topological polar surface area (TPSA) is 139 Å². The van der Waals surface area contributed by atoms with E-state index in [1.807, 2.05) is 0 Å². The number of furan rings is 1. The zero-order valence-electron chi connectivity index (χ0n) is 22.7. The summed E-state index contributed by atoms with van der Waals surface area (Å²) in [5, 5.41) is 32.4. The van der Waals surface area contributed by atoms with Crippen LogP contribution in [0.5, 0.6) is 0 Å². The molecule has 220 valence electrons. The lowest BCUT2D eigenvalue weighted by Gasteiger charge is -2.33. The summed E-state index contributed by atoms with van der Waals surface area (Å²) in [6.45, 7) is 2.06. The van der Waals surface area contributed by atoms with Crippen LogP contribution in [0.25, 0.3) is 11.0 Å². The highest BCUT2D eigenvalue weighted by atomic mass is 19.3. The number of nitrogens with zero attached hydrogens (tertiary/aromatic N) is 3. The number of nitriles is 1. The standard InChI is InChI=1S/C27H32BF3N4O6/c1-26(2,34-8-7-27(30,31)16-34)11-18(12-32)24(36)35-13-19(29)10-20(35)15-41-25(37)33-23(28(38)39)9-17-14-40-22-6-4-3-5-21(17)22/h3-6,11,14,19-20,23,38-39H,7-10,13,15-16H2,1-2H3,(H,33,37)/t19-,20+,23-/m0/s1. The van der Waals surface area contributed by atoms with Crippen LogP contribution >= 0.6 is 0 Å². The molecule has 2 aliphatic heterocycles. The molecule has 2 saturated heterocycles. The van der Waals surface area contributed by atoms with Crippen molar-refractivity contribution in [2.75, 3.05) is 26.2 Å². The Labute approximate surface area is 235 Å². The van der Waals surface area contributed by atoms with Gasteiger partial charge in [-0.05, 0) is 38.0 Å². The van der Waals surface area contributed by atoms with Crippen LogP contribution in [0.15, 0.2) is 46.6 Å². The molecule has 0 aliphatic carbocycles. The SMILES string of the molecule is CC(C)(C=C(C#N)C(=O)N1C[C@@H](F)C[C@@H]1COC(=O)N[C@@H](Cc1coc2ccccc12)B(O)O)N1CCC(F)(F)C1. The van der Waals surface area contributed by atoms with E-state index in [2.05, 4.69) is 5.32 Å². The first-order valence-corrected chi connectivity index (χ1v) is 13.2. The van der Waals surface area contributed by atoms with Gasteiger partial charge in [0, 0.05) is 30.3 Å². The van der Waals surface area contributed by atoms with Crippen LogP contribution in [0, 0.1) is 11.3 Å². The second kappa shape index (κ2) is 12.1. The van der Waals surface area contributed by atoms with Gasteiger partial charge in [-0.2, -0.15) is 5.26 Å². The van der Waals surface area contributed by atoms with Gasteiger partial charge < -0.3 is 29.4 Å². The Balaban J connectivity index is 1.38. The molecular formula is C27H32BF3N4O6. The summed E-state index contributed by atoms with van der Waals surface area (Å²) in [4.78, 5) is 28.3. The van der Waals surface area contributed by atoms with E-state index >= 15 is 0 Å². The molecule has 0 unspecified atom stereocenters. The number of amides is 2. The fourth-order valence-corrected chi connectivity index (χ4v) is 5.26. The van der Waals surface area contributed by atoms with Crippen LogP contribution < -0.4 is 5.32 Å². The largest absolute Gasteiger partial charge is 0.475 e. The molecule has 41 heavy (non-hydrogen) atoms. The number of likely N-dealkylation sites (tertiary alicyclic amines) is 2. The van der Waals surface area contributed by atoms with Crippen LogP contribution in [0.2, 0.25) is 0 Å². The quantitative estimate of drug-likeness (QED) is 0.235. The number of benzene rings is 1. The third kappa shape index (κ3) is 7.22. The minimum Gasteiger partial charge on any atom is -0.464 e. The Hall–Kier alpha value is -3.54. The zero-order valence-corrected chi connectivity index (χ0v) is 22.7. The van der Waals surface area contributed by atoms with Crippen molar-refractivity contribution in [3.05, 3.63) is 47.7 Å². The first-order chi connectivity index (χ1) is 19.3. The summed E-state index contributed by atoms with van der Waals surface area (Å²) in [7, 11) is -1.93. The highest BCUT2D eigenvalue weighted by molar-refractivity contribution is 6.43. The van der Waals surface area contributed by atoms with Gasteiger partial charge in [0.2, 0.25) is 0 Å². The van der Waals surface area contributed by atoms with Crippen LogP contribution in [-0.2, 0) is 16.0 Å². The molecule has 2 aromatic rings. The summed E-state index contributed by atoms with van der Waals surface area (Å²) in [5.74, 6) is -4.82. The predicted octanol–water partition coefficient (Wildman–Crippen LogP) is 2.59. The van der Waals surface area contributed by atoms with E-state index in [-0.39, 0.29) is 37.9 Å². The van der Waals surface area contributed by atoms with E-state index in [1.165, 1.54) is 17.2 Å². The summed E-state index contributed by atoms with van der Waals surface area (Å²) < 4.78 is 52.5. The van der Waals surface area contributed by atoms with E-state index in [1.54, 1.807) is 44.2 Å². The fraction of sp³-hybridized carbons (Fsp3) is 0.519.